The van der Waals surface area contributed by atoms with E-state index in [0.29, 0.717) is 22.7 Å². The topological polar surface area (TPSA) is 97.7 Å². The number of hydrogen-bond acceptors (Lipinski definition) is 6. The Kier molecular flexibility index (Phi) is 5.96. The van der Waals surface area contributed by atoms with Crippen LogP contribution in [0.3, 0.4) is 0 Å². The zero-order valence-electron chi connectivity index (χ0n) is 14.8. The number of carbonyl (C=O) groups excluding carboxylic acids is 2. The van der Waals surface area contributed by atoms with Crippen molar-refractivity contribution in [1.82, 2.24) is 0 Å². The number of rotatable bonds is 5. The second-order valence-corrected chi connectivity index (χ2v) is 6.73. The fourth-order valence-corrected chi connectivity index (χ4v) is 2.68. The van der Waals surface area contributed by atoms with Gasteiger partial charge in [-0.2, -0.15) is 5.26 Å². The summed E-state index contributed by atoms with van der Waals surface area (Å²) in [7, 11) is 0. The second-order valence-electron chi connectivity index (χ2n) is 5.87. The molecule has 28 heavy (non-hydrogen) atoms. The molecule has 0 unspecified atom stereocenters. The molecule has 3 rings (SSSR count). The summed E-state index contributed by atoms with van der Waals surface area (Å²) >= 11 is 3.38. The van der Waals surface area contributed by atoms with E-state index in [1.807, 2.05) is 6.92 Å². The van der Waals surface area contributed by atoms with Gasteiger partial charge in [-0.05, 0) is 54.5 Å². The van der Waals surface area contributed by atoms with Gasteiger partial charge in [0.2, 0.25) is 6.79 Å². The molecule has 142 valence electrons. The number of nitrogens with one attached hydrogen (secondary N) is 1. The van der Waals surface area contributed by atoms with E-state index in [2.05, 4.69) is 21.2 Å². The van der Waals surface area contributed by atoms with E-state index < -0.39 is 18.5 Å². The van der Waals surface area contributed by atoms with Crippen LogP contribution in [0.5, 0.6) is 11.5 Å². The number of aryl methyl sites for hydroxylation is 1. The molecule has 0 atom stereocenters. The van der Waals surface area contributed by atoms with Gasteiger partial charge in [0, 0.05) is 10.2 Å². The molecule has 0 aromatic heterocycles. The second kappa shape index (κ2) is 8.59. The Balaban J connectivity index is 1.60. The summed E-state index contributed by atoms with van der Waals surface area (Å²) in [6, 6.07) is 12.1. The summed E-state index contributed by atoms with van der Waals surface area (Å²) in [5.74, 6) is -0.264. The normalized spacial score (nSPS) is 12.2. The Morgan fingerprint density at radius 3 is 2.79 bits per heavy atom. The Morgan fingerprint density at radius 1 is 1.25 bits per heavy atom. The molecule has 8 heteroatoms. The summed E-state index contributed by atoms with van der Waals surface area (Å²) < 4.78 is 16.3. The van der Waals surface area contributed by atoms with Crippen molar-refractivity contribution in [3.05, 3.63) is 57.6 Å². The van der Waals surface area contributed by atoms with Gasteiger partial charge in [-0.25, -0.2) is 4.79 Å². The maximum absolute atomic E-state index is 12.1. The summed E-state index contributed by atoms with van der Waals surface area (Å²) in [6.45, 7) is 1.51. The lowest BCUT2D eigenvalue weighted by Gasteiger charge is -2.08. The molecule has 0 fully saturated rings. The van der Waals surface area contributed by atoms with Crippen LogP contribution < -0.4 is 14.8 Å². The fraction of sp³-hybridized carbons (Fsp3) is 0.150. The molecule has 0 radical (unpaired) electrons. The monoisotopic (exact) mass is 442 g/mol. The highest BCUT2D eigenvalue weighted by molar-refractivity contribution is 9.10. The number of ether oxygens (including phenoxy) is 3. The molecule has 2 aromatic rings. The molecule has 1 amide bonds. The summed E-state index contributed by atoms with van der Waals surface area (Å²) in [5.41, 5.74) is 1.88. The lowest BCUT2D eigenvalue weighted by molar-refractivity contribution is -0.142. The number of hydrogen-bond donors (Lipinski definition) is 1. The zero-order chi connectivity index (χ0) is 20.1. The van der Waals surface area contributed by atoms with E-state index in [9.17, 15) is 14.9 Å². The molecule has 2 aromatic carbocycles. The Hall–Kier alpha value is -3.31. The zero-order valence-corrected chi connectivity index (χ0v) is 16.4. The van der Waals surface area contributed by atoms with Crippen LogP contribution in [0.2, 0.25) is 0 Å². The van der Waals surface area contributed by atoms with E-state index in [1.54, 1.807) is 42.5 Å². The fourth-order valence-electron chi connectivity index (χ4n) is 2.43. The number of amides is 1. The number of fused-ring (bicyclic) bond motifs is 1. The smallest absolute Gasteiger partial charge is 0.349 e. The van der Waals surface area contributed by atoms with Crippen LogP contribution in [0.25, 0.3) is 6.08 Å². The number of esters is 1. The lowest BCUT2D eigenvalue weighted by Crippen LogP contribution is -2.21. The van der Waals surface area contributed by atoms with Crippen molar-refractivity contribution in [2.45, 2.75) is 6.92 Å². The third kappa shape index (κ3) is 4.69. The Morgan fingerprint density at radius 2 is 2.04 bits per heavy atom. The van der Waals surface area contributed by atoms with E-state index >= 15 is 0 Å². The van der Waals surface area contributed by atoms with Gasteiger partial charge < -0.3 is 19.5 Å². The van der Waals surface area contributed by atoms with E-state index in [4.69, 9.17) is 14.2 Å². The molecule has 1 N–H and O–H groups in total. The SMILES string of the molecule is Cc1cc(NC(=O)COC(=O)/C(C#N)=C/c2ccc3c(c2)OCO3)ccc1Br. The molecule has 0 spiro atoms. The first-order valence-electron chi connectivity index (χ1n) is 8.21. The van der Waals surface area contributed by atoms with Crippen LogP contribution in [0, 0.1) is 18.3 Å². The number of anilines is 1. The summed E-state index contributed by atoms with van der Waals surface area (Å²) in [6.07, 6.45) is 1.36. The quantitative estimate of drug-likeness (QED) is 0.431. The van der Waals surface area contributed by atoms with Gasteiger partial charge in [0.1, 0.15) is 11.6 Å². The van der Waals surface area contributed by atoms with Crippen LogP contribution >= 0.6 is 15.9 Å². The summed E-state index contributed by atoms with van der Waals surface area (Å²) in [4.78, 5) is 24.1. The highest BCUT2D eigenvalue weighted by atomic mass is 79.9. The standard InChI is InChI=1S/C20H15BrN2O5/c1-12-6-15(3-4-16(12)21)23-19(24)10-26-20(25)14(9-22)7-13-2-5-17-18(8-13)28-11-27-17/h2-8H,10-11H2,1H3,(H,23,24)/b14-7+. The molecular formula is C20H15BrN2O5. The van der Waals surface area contributed by atoms with Crippen LogP contribution in [0.15, 0.2) is 46.4 Å². The first-order chi connectivity index (χ1) is 13.5. The van der Waals surface area contributed by atoms with Crippen LogP contribution in [0.4, 0.5) is 5.69 Å². The number of benzene rings is 2. The number of carbonyl (C=O) groups is 2. The molecular weight excluding hydrogens is 428 g/mol. The number of nitrogens with zero attached hydrogens (tertiary/aromatic N) is 1. The first-order valence-corrected chi connectivity index (χ1v) is 9.00. The third-order valence-corrected chi connectivity index (χ3v) is 4.71. The predicted molar refractivity (Wildman–Crippen MR) is 105 cm³/mol. The maximum atomic E-state index is 12.1. The Bertz CT molecular complexity index is 1010. The first kappa shape index (κ1) is 19.5. The van der Waals surface area contributed by atoms with Crippen molar-refractivity contribution in [2.24, 2.45) is 0 Å². The minimum Gasteiger partial charge on any atom is -0.454 e. The van der Waals surface area contributed by atoms with Crippen LogP contribution in [-0.4, -0.2) is 25.3 Å². The van der Waals surface area contributed by atoms with Gasteiger partial charge in [-0.15, -0.1) is 0 Å². The van der Waals surface area contributed by atoms with Crippen molar-refractivity contribution < 1.29 is 23.8 Å². The molecule has 1 aliphatic heterocycles. The van der Waals surface area contributed by atoms with Crippen molar-refractivity contribution in [1.29, 1.82) is 5.26 Å². The van der Waals surface area contributed by atoms with Crippen LogP contribution in [0.1, 0.15) is 11.1 Å². The minimum absolute atomic E-state index is 0.128. The molecule has 7 nitrogen and oxygen atoms in total. The van der Waals surface area contributed by atoms with Crippen molar-refractivity contribution in [3.63, 3.8) is 0 Å². The maximum Gasteiger partial charge on any atom is 0.349 e. The van der Waals surface area contributed by atoms with E-state index in [-0.39, 0.29) is 12.4 Å². The van der Waals surface area contributed by atoms with Gasteiger partial charge in [0.15, 0.2) is 18.1 Å². The third-order valence-electron chi connectivity index (χ3n) is 3.82. The molecule has 0 aliphatic carbocycles. The number of halogens is 1. The number of nitriles is 1. The largest absolute Gasteiger partial charge is 0.454 e. The predicted octanol–water partition coefficient (Wildman–Crippen LogP) is 3.58. The van der Waals surface area contributed by atoms with Crippen molar-refractivity contribution in [3.8, 4) is 17.6 Å². The summed E-state index contributed by atoms with van der Waals surface area (Å²) in [5, 5.41) is 11.9. The lowest BCUT2D eigenvalue weighted by atomic mass is 10.1. The highest BCUT2D eigenvalue weighted by Crippen LogP contribution is 2.33. The molecule has 1 aliphatic rings. The average Bonchev–Trinajstić information content (AvgIpc) is 3.15. The Labute approximate surface area is 169 Å². The van der Waals surface area contributed by atoms with E-state index in [1.165, 1.54) is 6.08 Å². The van der Waals surface area contributed by atoms with Gasteiger partial charge >= 0.3 is 5.97 Å². The van der Waals surface area contributed by atoms with Gasteiger partial charge in [-0.1, -0.05) is 22.0 Å². The van der Waals surface area contributed by atoms with Crippen LogP contribution in [-0.2, 0) is 14.3 Å². The minimum atomic E-state index is -0.887. The van der Waals surface area contributed by atoms with Crippen molar-refractivity contribution in [2.75, 3.05) is 18.7 Å². The molecule has 1 heterocycles. The van der Waals surface area contributed by atoms with Crippen molar-refractivity contribution >= 4 is 39.6 Å². The molecule has 0 saturated heterocycles. The van der Waals surface area contributed by atoms with E-state index in [0.717, 1.165) is 10.0 Å². The van der Waals surface area contributed by atoms with Gasteiger partial charge in [-0.3, -0.25) is 4.79 Å². The highest BCUT2D eigenvalue weighted by Gasteiger charge is 2.16. The van der Waals surface area contributed by atoms with Gasteiger partial charge in [0.05, 0.1) is 0 Å². The van der Waals surface area contributed by atoms with Gasteiger partial charge in [0.25, 0.3) is 5.91 Å². The average molecular weight is 443 g/mol. The molecule has 0 bridgehead atoms. The molecule has 0 saturated carbocycles.